The molecule has 0 radical (unpaired) electrons. The average Bonchev–Trinajstić information content (AvgIpc) is 2.38. The van der Waals surface area contributed by atoms with E-state index in [1.807, 2.05) is 19.9 Å². The third kappa shape index (κ3) is 6.25. The molecule has 1 rings (SSSR count). The first-order chi connectivity index (χ1) is 9.84. The van der Waals surface area contributed by atoms with E-state index < -0.39 is 5.41 Å². The molecule has 0 aliphatic rings. The summed E-state index contributed by atoms with van der Waals surface area (Å²) in [6, 6.07) is 8.92. The van der Waals surface area contributed by atoms with Gasteiger partial charge in [-0.05, 0) is 31.4 Å². The van der Waals surface area contributed by atoms with Gasteiger partial charge in [-0.2, -0.15) is 0 Å². The maximum absolute atomic E-state index is 11.9. The molecule has 21 heavy (non-hydrogen) atoms. The fourth-order valence-electron chi connectivity index (χ4n) is 1.97. The molecular weight excluding hydrogens is 268 g/mol. The number of allylic oxidation sites excluding steroid dienone is 1. The molecule has 0 aliphatic carbocycles. The van der Waals surface area contributed by atoms with Crippen molar-refractivity contribution >= 4 is 11.9 Å². The summed E-state index contributed by atoms with van der Waals surface area (Å²) in [4.78, 5) is 23.5. The molecule has 0 unspecified atom stereocenters. The van der Waals surface area contributed by atoms with Gasteiger partial charge in [-0.3, -0.25) is 4.79 Å². The second kappa shape index (κ2) is 7.62. The van der Waals surface area contributed by atoms with Gasteiger partial charge < -0.3 is 9.47 Å². The van der Waals surface area contributed by atoms with E-state index in [1.165, 1.54) is 0 Å². The van der Waals surface area contributed by atoms with Crippen LogP contribution < -0.4 is 4.74 Å². The van der Waals surface area contributed by atoms with Gasteiger partial charge in [0.1, 0.15) is 5.75 Å². The molecule has 0 heterocycles. The van der Waals surface area contributed by atoms with Crippen molar-refractivity contribution in [2.75, 3.05) is 6.61 Å². The molecule has 4 nitrogen and oxygen atoms in total. The van der Waals surface area contributed by atoms with E-state index in [4.69, 9.17) is 9.47 Å². The number of carbonyl (C=O) groups is 2. The monoisotopic (exact) mass is 290 g/mol. The first kappa shape index (κ1) is 17.0. The van der Waals surface area contributed by atoms with Gasteiger partial charge in [0.2, 0.25) is 0 Å². The van der Waals surface area contributed by atoms with Gasteiger partial charge in [0.25, 0.3) is 0 Å². The van der Waals surface area contributed by atoms with Crippen molar-refractivity contribution in [1.82, 2.24) is 0 Å². The molecule has 4 heteroatoms. The lowest BCUT2D eigenvalue weighted by Crippen LogP contribution is -2.20. The highest BCUT2D eigenvalue weighted by molar-refractivity contribution is 5.88. The molecule has 0 aromatic heterocycles. The maximum atomic E-state index is 11.9. The van der Waals surface area contributed by atoms with Crippen LogP contribution in [0.3, 0.4) is 0 Å². The largest absolute Gasteiger partial charge is 0.463 e. The van der Waals surface area contributed by atoms with E-state index in [1.54, 1.807) is 44.2 Å². The molecular formula is C17H22O4. The first-order valence-electron chi connectivity index (χ1n) is 6.96. The minimum atomic E-state index is -0.483. The topological polar surface area (TPSA) is 52.6 Å². The molecule has 0 spiro atoms. The van der Waals surface area contributed by atoms with Gasteiger partial charge in [-0.1, -0.05) is 38.1 Å². The summed E-state index contributed by atoms with van der Waals surface area (Å²) in [5.41, 5.74) is 0.0114. The molecule has 0 aliphatic heterocycles. The fraction of sp³-hybridized carbons (Fsp3) is 0.412. The van der Waals surface area contributed by atoms with Crippen LogP contribution >= 0.6 is 0 Å². The van der Waals surface area contributed by atoms with Crippen LogP contribution in [0.4, 0.5) is 0 Å². The zero-order valence-corrected chi connectivity index (χ0v) is 13.0. The van der Waals surface area contributed by atoms with Crippen LogP contribution in [0.1, 0.15) is 34.1 Å². The summed E-state index contributed by atoms with van der Waals surface area (Å²) in [5, 5.41) is 0. The highest BCUT2D eigenvalue weighted by Crippen LogP contribution is 2.25. The van der Waals surface area contributed by atoms with Crippen LogP contribution in [0.15, 0.2) is 42.0 Å². The van der Waals surface area contributed by atoms with Gasteiger partial charge in [0.05, 0.1) is 13.0 Å². The Bertz CT molecular complexity index is 515. The number of benzene rings is 1. The zero-order chi connectivity index (χ0) is 15.9. The smallest absolute Gasteiger partial charge is 0.333 e. The van der Waals surface area contributed by atoms with Gasteiger partial charge >= 0.3 is 11.9 Å². The van der Waals surface area contributed by atoms with E-state index in [0.29, 0.717) is 17.9 Å². The van der Waals surface area contributed by atoms with E-state index >= 15 is 0 Å². The Labute approximate surface area is 125 Å². The molecule has 1 aromatic carbocycles. The summed E-state index contributed by atoms with van der Waals surface area (Å²) < 4.78 is 10.2. The van der Waals surface area contributed by atoms with Crippen LogP contribution in [0, 0.1) is 5.41 Å². The predicted molar refractivity (Wildman–Crippen MR) is 80.9 cm³/mol. The van der Waals surface area contributed by atoms with Crippen molar-refractivity contribution in [1.29, 1.82) is 0 Å². The maximum Gasteiger partial charge on any atom is 0.333 e. The van der Waals surface area contributed by atoms with Crippen LogP contribution in [0.25, 0.3) is 0 Å². The quantitative estimate of drug-likeness (QED) is 0.457. The average molecular weight is 290 g/mol. The predicted octanol–water partition coefficient (Wildman–Crippen LogP) is 3.52. The van der Waals surface area contributed by atoms with E-state index in [9.17, 15) is 9.59 Å². The lowest BCUT2D eigenvalue weighted by molar-refractivity contribution is -0.139. The van der Waals surface area contributed by atoms with Crippen molar-refractivity contribution in [2.45, 2.75) is 34.1 Å². The molecule has 0 amide bonds. The van der Waals surface area contributed by atoms with Crippen LogP contribution in [0.2, 0.25) is 0 Å². The zero-order valence-electron chi connectivity index (χ0n) is 13.0. The third-order valence-corrected chi connectivity index (χ3v) is 2.78. The summed E-state index contributed by atoms with van der Waals surface area (Å²) >= 11 is 0. The third-order valence-electron chi connectivity index (χ3n) is 2.78. The number of para-hydroxylation sites is 1. The second-order valence-electron chi connectivity index (χ2n) is 5.50. The number of carbonyl (C=O) groups excluding carboxylic acids is 2. The van der Waals surface area contributed by atoms with Crippen molar-refractivity contribution < 1.29 is 19.1 Å². The van der Waals surface area contributed by atoms with Gasteiger partial charge in [0.15, 0.2) is 0 Å². The Morgan fingerprint density at radius 2 is 1.81 bits per heavy atom. The van der Waals surface area contributed by atoms with Crippen molar-refractivity contribution in [2.24, 2.45) is 5.41 Å². The normalized spacial score (nSPS) is 11.9. The minimum Gasteiger partial charge on any atom is -0.463 e. The Morgan fingerprint density at radius 1 is 1.19 bits per heavy atom. The molecule has 114 valence electrons. The second-order valence-corrected chi connectivity index (χ2v) is 5.50. The summed E-state index contributed by atoms with van der Waals surface area (Å²) in [5.74, 6) is -0.175. The number of esters is 2. The van der Waals surface area contributed by atoms with E-state index in [-0.39, 0.29) is 18.4 Å². The highest BCUT2D eigenvalue weighted by Gasteiger charge is 2.22. The standard InChI is InChI=1S/C17H22O4/c1-5-20-16(19)13(2)11-17(3,4)12-15(18)21-14-9-7-6-8-10-14/h6-11H,5,12H2,1-4H3/b13-11+. The summed E-state index contributed by atoms with van der Waals surface area (Å²) in [7, 11) is 0. The van der Waals surface area contributed by atoms with Gasteiger partial charge in [0, 0.05) is 5.57 Å². The molecule has 0 N–H and O–H groups in total. The Balaban J connectivity index is 2.65. The van der Waals surface area contributed by atoms with Crippen molar-refractivity contribution in [3.05, 3.63) is 42.0 Å². The Hall–Kier alpha value is -2.10. The van der Waals surface area contributed by atoms with Crippen molar-refractivity contribution in [3.8, 4) is 5.75 Å². The van der Waals surface area contributed by atoms with Crippen LogP contribution in [-0.4, -0.2) is 18.5 Å². The molecule has 0 saturated carbocycles. The van der Waals surface area contributed by atoms with Crippen LogP contribution in [-0.2, 0) is 14.3 Å². The number of rotatable bonds is 6. The Morgan fingerprint density at radius 3 is 2.38 bits per heavy atom. The van der Waals surface area contributed by atoms with Crippen molar-refractivity contribution in [3.63, 3.8) is 0 Å². The molecule has 0 saturated heterocycles. The summed E-state index contributed by atoms with van der Waals surface area (Å²) in [6.45, 7) is 7.53. The lowest BCUT2D eigenvalue weighted by Gasteiger charge is -2.20. The lowest BCUT2D eigenvalue weighted by atomic mass is 9.87. The van der Waals surface area contributed by atoms with Crippen LogP contribution in [0.5, 0.6) is 5.75 Å². The molecule has 0 bridgehead atoms. The SMILES string of the molecule is CCOC(=O)/C(C)=C/C(C)(C)CC(=O)Oc1ccccc1. The van der Waals surface area contributed by atoms with Gasteiger partial charge in [-0.25, -0.2) is 4.79 Å². The fourth-order valence-corrected chi connectivity index (χ4v) is 1.97. The highest BCUT2D eigenvalue weighted by atomic mass is 16.5. The Kier molecular flexibility index (Phi) is 6.15. The number of hydrogen-bond acceptors (Lipinski definition) is 4. The molecule has 0 atom stereocenters. The molecule has 1 aromatic rings. The van der Waals surface area contributed by atoms with Gasteiger partial charge in [-0.15, -0.1) is 0 Å². The minimum absolute atomic E-state index is 0.179. The number of ether oxygens (including phenoxy) is 2. The number of hydrogen-bond donors (Lipinski definition) is 0. The van der Waals surface area contributed by atoms with E-state index in [2.05, 4.69) is 0 Å². The first-order valence-corrected chi connectivity index (χ1v) is 6.96. The molecule has 0 fully saturated rings. The summed E-state index contributed by atoms with van der Waals surface area (Å²) in [6.07, 6.45) is 1.93. The van der Waals surface area contributed by atoms with E-state index in [0.717, 1.165) is 0 Å².